The zero-order chi connectivity index (χ0) is 13.9. The summed E-state index contributed by atoms with van der Waals surface area (Å²) in [7, 11) is 1.61. The molecule has 1 atom stereocenters. The Morgan fingerprint density at radius 3 is 2.84 bits per heavy atom. The van der Waals surface area contributed by atoms with E-state index in [0.717, 1.165) is 12.3 Å². The van der Waals surface area contributed by atoms with Crippen LogP contribution in [0, 0.1) is 0 Å². The lowest BCUT2D eigenvalue weighted by atomic mass is 10.3. The molecular formula is C14H23NO4. The van der Waals surface area contributed by atoms with Gasteiger partial charge in [-0.2, -0.15) is 0 Å². The minimum absolute atomic E-state index is 0.245. The maximum atomic E-state index is 9.73. The molecule has 1 aromatic carbocycles. The monoisotopic (exact) mass is 269 g/mol. The van der Waals surface area contributed by atoms with Gasteiger partial charge in [-0.1, -0.05) is 6.07 Å². The zero-order valence-corrected chi connectivity index (χ0v) is 11.6. The Labute approximate surface area is 114 Å². The fraction of sp³-hybridized carbons (Fsp3) is 0.571. The first-order valence-electron chi connectivity index (χ1n) is 6.49. The van der Waals surface area contributed by atoms with Crippen molar-refractivity contribution < 1.29 is 19.3 Å². The molecule has 0 aromatic heterocycles. The van der Waals surface area contributed by atoms with E-state index in [4.69, 9.17) is 14.2 Å². The van der Waals surface area contributed by atoms with Gasteiger partial charge >= 0.3 is 0 Å². The first-order chi connectivity index (χ1) is 9.26. The van der Waals surface area contributed by atoms with Crippen LogP contribution in [0.15, 0.2) is 24.3 Å². The maximum Gasteiger partial charge on any atom is 0.123 e. The predicted molar refractivity (Wildman–Crippen MR) is 73.9 cm³/mol. The van der Waals surface area contributed by atoms with Crippen molar-refractivity contribution in [2.24, 2.45) is 0 Å². The Balaban J connectivity index is 2.16. The number of aliphatic hydroxyl groups excluding tert-OH is 1. The number of benzene rings is 1. The molecule has 5 heteroatoms. The van der Waals surface area contributed by atoms with E-state index < -0.39 is 6.10 Å². The van der Waals surface area contributed by atoms with Gasteiger partial charge in [-0.05, 0) is 19.1 Å². The number of nitrogens with one attached hydrogen (secondary N) is 1. The molecular weight excluding hydrogens is 246 g/mol. The van der Waals surface area contributed by atoms with Crippen molar-refractivity contribution in [1.29, 1.82) is 0 Å². The highest BCUT2D eigenvalue weighted by atomic mass is 16.5. The number of ether oxygens (including phenoxy) is 3. The molecule has 1 unspecified atom stereocenters. The summed E-state index contributed by atoms with van der Waals surface area (Å²) in [5.74, 6) is 1.43. The SMILES string of the molecule is CCOCCNCC(O)COc1cccc(OC)c1. The quantitative estimate of drug-likeness (QED) is 0.622. The third kappa shape index (κ3) is 7.00. The summed E-state index contributed by atoms with van der Waals surface area (Å²) >= 11 is 0. The number of hydrogen-bond donors (Lipinski definition) is 2. The van der Waals surface area contributed by atoms with E-state index in [1.165, 1.54) is 0 Å². The van der Waals surface area contributed by atoms with E-state index >= 15 is 0 Å². The summed E-state index contributed by atoms with van der Waals surface area (Å²) in [6.45, 7) is 4.77. The molecule has 19 heavy (non-hydrogen) atoms. The van der Waals surface area contributed by atoms with Gasteiger partial charge in [0.1, 0.15) is 24.2 Å². The molecule has 0 aliphatic carbocycles. The Morgan fingerprint density at radius 1 is 1.32 bits per heavy atom. The van der Waals surface area contributed by atoms with E-state index in [-0.39, 0.29) is 6.61 Å². The molecule has 0 radical (unpaired) electrons. The Morgan fingerprint density at radius 2 is 2.11 bits per heavy atom. The van der Waals surface area contributed by atoms with Crippen LogP contribution >= 0.6 is 0 Å². The van der Waals surface area contributed by atoms with Gasteiger partial charge in [0.15, 0.2) is 0 Å². The first kappa shape index (κ1) is 15.8. The van der Waals surface area contributed by atoms with E-state index in [9.17, 15) is 5.11 Å². The number of methoxy groups -OCH3 is 1. The average molecular weight is 269 g/mol. The van der Waals surface area contributed by atoms with Crippen LogP contribution in [0.1, 0.15) is 6.92 Å². The second-order valence-electron chi connectivity index (χ2n) is 4.04. The summed E-state index contributed by atoms with van der Waals surface area (Å²) in [6, 6.07) is 7.31. The van der Waals surface area contributed by atoms with Crippen molar-refractivity contribution in [1.82, 2.24) is 5.32 Å². The molecule has 0 aliphatic heterocycles. The molecule has 5 nitrogen and oxygen atoms in total. The van der Waals surface area contributed by atoms with Crippen LogP contribution in [0.3, 0.4) is 0 Å². The number of aliphatic hydroxyl groups is 1. The molecule has 0 saturated heterocycles. The van der Waals surface area contributed by atoms with Crippen LogP contribution < -0.4 is 14.8 Å². The minimum atomic E-state index is -0.548. The Bertz CT molecular complexity index is 346. The largest absolute Gasteiger partial charge is 0.497 e. The van der Waals surface area contributed by atoms with Crippen LogP contribution in [-0.4, -0.2) is 51.2 Å². The van der Waals surface area contributed by atoms with Gasteiger partial charge in [-0.25, -0.2) is 0 Å². The molecule has 0 amide bonds. The lowest BCUT2D eigenvalue weighted by Gasteiger charge is -2.13. The lowest BCUT2D eigenvalue weighted by molar-refractivity contribution is 0.100. The van der Waals surface area contributed by atoms with Crippen molar-refractivity contribution in [3.05, 3.63) is 24.3 Å². The summed E-state index contributed by atoms with van der Waals surface area (Å²) in [5.41, 5.74) is 0. The van der Waals surface area contributed by atoms with Crippen molar-refractivity contribution in [2.45, 2.75) is 13.0 Å². The first-order valence-corrected chi connectivity index (χ1v) is 6.49. The normalized spacial score (nSPS) is 12.2. The van der Waals surface area contributed by atoms with Gasteiger partial charge in [0.2, 0.25) is 0 Å². The van der Waals surface area contributed by atoms with Gasteiger partial charge in [0, 0.05) is 25.8 Å². The topological polar surface area (TPSA) is 60.0 Å². The highest BCUT2D eigenvalue weighted by Crippen LogP contribution is 2.18. The maximum absolute atomic E-state index is 9.73. The van der Waals surface area contributed by atoms with E-state index in [1.807, 2.05) is 25.1 Å². The Hall–Kier alpha value is -1.30. The van der Waals surface area contributed by atoms with Crippen LogP contribution in [0.25, 0.3) is 0 Å². The van der Waals surface area contributed by atoms with Crippen molar-refractivity contribution in [3.63, 3.8) is 0 Å². The lowest BCUT2D eigenvalue weighted by Crippen LogP contribution is -2.33. The molecule has 0 saturated carbocycles. The van der Waals surface area contributed by atoms with Crippen LogP contribution in [0.5, 0.6) is 11.5 Å². The van der Waals surface area contributed by atoms with Gasteiger partial charge in [-0.15, -0.1) is 0 Å². The predicted octanol–water partition coefficient (Wildman–Crippen LogP) is 1.06. The summed E-state index contributed by atoms with van der Waals surface area (Å²) in [6.07, 6.45) is -0.548. The molecule has 108 valence electrons. The van der Waals surface area contributed by atoms with Gasteiger partial charge in [-0.3, -0.25) is 0 Å². The fourth-order valence-corrected chi connectivity index (χ4v) is 1.50. The van der Waals surface area contributed by atoms with E-state index in [1.54, 1.807) is 13.2 Å². The molecule has 1 aromatic rings. The van der Waals surface area contributed by atoms with E-state index in [0.29, 0.717) is 25.5 Å². The number of hydrogen-bond acceptors (Lipinski definition) is 5. The van der Waals surface area contributed by atoms with Crippen molar-refractivity contribution >= 4 is 0 Å². The van der Waals surface area contributed by atoms with Gasteiger partial charge < -0.3 is 24.6 Å². The molecule has 0 heterocycles. The third-order valence-corrected chi connectivity index (χ3v) is 2.49. The van der Waals surface area contributed by atoms with E-state index in [2.05, 4.69) is 5.32 Å². The van der Waals surface area contributed by atoms with Crippen LogP contribution in [0.4, 0.5) is 0 Å². The molecule has 0 fully saturated rings. The van der Waals surface area contributed by atoms with Gasteiger partial charge in [0.25, 0.3) is 0 Å². The fourth-order valence-electron chi connectivity index (χ4n) is 1.50. The highest BCUT2D eigenvalue weighted by molar-refractivity contribution is 5.32. The second-order valence-corrected chi connectivity index (χ2v) is 4.04. The Kier molecular flexibility index (Phi) is 7.97. The van der Waals surface area contributed by atoms with Crippen molar-refractivity contribution in [2.75, 3.05) is 40.0 Å². The third-order valence-electron chi connectivity index (χ3n) is 2.49. The molecule has 0 spiro atoms. The van der Waals surface area contributed by atoms with Crippen LogP contribution in [-0.2, 0) is 4.74 Å². The second kappa shape index (κ2) is 9.61. The molecule has 1 rings (SSSR count). The highest BCUT2D eigenvalue weighted by Gasteiger charge is 2.05. The summed E-state index contributed by atoms with van der Waals surface area (Å²) in [4.78, 5) is 0. The summed E-state index contributed by atoms with van der Waals surface area (Å²) in [5, 5.41) is 12.8. The van der Waals surface area contributed by atoms with Crippen LogP contribution in [0.2, 0.25) is 0 Å². The minimum Gasteiger partial charge on any atom is -0.497 e. The summed E-state index contributed by atoms with van der Waals surface area (Å²) < 4.78 is 15.8. The average Bonchev–Trinajstić information content (AvgIpc) is 2.45. The number of rotatable bonds is 10. The molecule has 0 aliphatic rings. The smallest absolute Gasteiger partial charge is 0.123 e. The van der Waals surface area contributed by atoms with Gasteiger partial charge in [0.05, 0.1) is 13.7 Å². The zero-order valence-electron chi connectivity index (χ0n) is 11.6. The molecule has 0 bridgehead atoms. The standard InChI is InChI=1S/C14H23NO4/c1-3-18-8-7-15-10-12(16)11-19-14-6-4-5-13(9-14)17-2/h4-6,9,12,15-16H,3,7-8,10-11H2,1-2H3. The van der Waals surface area contributed by atoms with Crippen molar-refractivity contribution in [3.8, 4) is 11.5 Å². The molecule has 2 N–H and O–H groups in total.